The van der Waals surface area contributed by atoms with E-state index in [0.717, 1.165) is 5.69 Å². The number of carbonyl (C=O) groups excluding carboxylic acids is 1. The Balaban J connectivity index is 2.69. The molecular formula is C12H15NO. The molecule has 2 rings (SSSR count). The van der Waals surface area contributed by atoms with Crippen molar-refractivity contribution < 1.29 is 4.79 Å². The molecule has 0 spiro atoms. The van der Waals surface area contributed by atoms with Crippen molar-refractivity contribution in [1.82, 2.24) is 0 Å². The quantitative estimate of drug-likeness (QED) is 0.613. The molecule has 0 radical (unpaired) electrons. The first kappa shape index (κ1) is 9.25. The van der Waals surface area contributed by atoms with Crippen LogP contribution in [0.4, 0.5) is 5.69 Å². The van der Waals surface area contributed by atoms with Gasteiger partial charge in [0, 0.05) is 7.05 Å². The summed E-state index contributed by atoms with van der Waals surface area (Å²) in [5, 5.41) is 0. The molecule has 14 heavy (non-hydrogen) atoms. The van der Waals surface area contributed by atoms with Crippen molar-refractivity contribution in [3.8, 4) is 0 Å². The Morgan fingerprint density at radius 2 is 1.93 bits per heavy atom. The van der Waals surface area contributed by atoms with E-state index in [1.165, 1.54) is 16.7 Å². The van der Waals surface area contributed by atoms with Crippen LogP contribution in [0.1, 0.15) is 29.5 Å². The van der Waals surface area contributed by atoms with Crippen molar-refractivity contribution in [3.63, 3.8) is 0 Å². The summed E-state index contributed by atoms with van der Waals surface area (Å²) in [5.74, 6) is 0.224. The molecule has 0 bridgehead atoms. The average molecular weight is 189 g/mol. The Hall–Kier alpha value is -1.31. The first-order chi connectivity index (χ1) is 6.52. The third kappa shape index (κ3) is 1.07. The number of nitrogens with zero attached hydrogens (tertiary/aromatic N) is 1. The molecule has 1 atom stereocenters. The zero-order chi connectivity index (χ0) is 10.5. The Morgan fingerprint density at radius 3 is 2.57 bits per heavy atom. The Bertz CT molecular complexity index is 409. The normalized spacial score (nSPS) is 20.1. The van der Waals surface area contributed by atoms with Crippen LogP contribution < -0.4 is 4.90 Å². The number of amides is 1. The van der Waals surface area contributed by atoms with E-state index in [1.54, 1.807) is 4.90 Å². The summed E-state index contributed by atoms with van der Waals surface area (Å²) >= 11 is 0. The molecule has 1 amide bonds. The molecule has 1 aliphatic heterocycles. The number of likely N-dealkylation sites (N-methyl/N-ethyl adjacent to an activating group) is 1. The summed E-state index contributed by atoms with van der Waals surface area (Å²) in [4.78, 5) is 13.5. The average Bonchev–Trinajstić information content (AvgIpc) is 2.31. The second kappa shape index (κ2) is 2.84. The molecule has 0 unspecified atom stereocenters. The maximum Gasteiger partial charge on any atom is 0.234 e. The zero-order valence-corrected chi connectivity index (χ0v) is 9.09. The van der Waals surface area contributed by atoms with Gasteiger partial charge in [-0.05, 0) is 31.9 Å². The number of hydrogen-bond acceptors (Lipinski definition) is 1. The van der Waals surface area contributed by atoms with Gasteiger partial charge in [-0.25, -0.2) is 0 Å². The number of anilines is 1. The SMILES string of the molecule is Cc1cc(C)c2c(c1)[C@@H](C)C(=O)N2C. The van der Waals surface area contributed by atoms with Crippen molar-refractivity contribution in [3.05, 3.63) is 28.8 Å². The molecule has 1 aliphatic rings. The van der Waals surface area contributed by atoms with E-state index in [1.807, 2.05) is 14.0 Å². The van der Waals surface area contributed by atoms with Crippen LogP contribution in [0.3, 0.4) is 0 Å². The fraction of sp³-hybridized carbons (Fsp3) is 0.417. The Labute approximate surface area is 84.5 Å². The second-order valence-electron chi connectivity index (χ2n) is 4.14. The van der Waals surface area contributed by atoms with Gasteiger partial charge in [-0.3, -0.25) is 4.79 Å². The lowest BCUT2D eigenvalue weighted by atomic mass is 9.98. The van der Waals surface area contributed by atoms with Crippen LogP contribution in [0.15, 0.2) is 12.1 Å². The van der Waals surface area contributed by atoms with Gasteiger partial charge in [-0.2, -0.15) is 0 Å². The molecule has 0 aliphatic carbocycles. The zero-order valence-electron chi connectivity index (χ0n) is 9.09. The molecule has 0 saturated heterocycles. The lowest BCUT2D eigenvalue weighted by molar-refractivity contribution is -0.118. The van der Waals surface area contributed by atoms with E-state index in [4.69, 9.17) is 0 Å². The Kier molecular flexibility index (Phi) is 1.88. The molecule has 1 heterocycles. The number of carbonyl (C=O) groups is 1. The fourth-order valence-corrected chi connectivity index (χ4v) is 2.31. The third-order valence-corrected chi connectivity index (χ3v) is 2.98. The standard InChI is InChI=1S/C12H15NO/c1-7-5-8(2)11-10(6-7)9(3)12(14)13(11)4/h5-6,9H,1-4H3/t9-/m1/s1. The van der Waals surface area contributed by atoms with Gasteiger partial charge in [0.25, 0.3) is 0 Å². The molecule has 0 fully saturated rings. The van der Waals surface area contributed by atoms with Gasteiger partial charge < -0.3 is 4.90 Å². The molecule has 2 heteroatoms. The molecule has 74 valence electrons. The number of fused-ring (bicyclic) bond motifs is 1. The Morgan fingerprint density at radius 1 is 1.29 bits per heavy atom. The molecule has 1 aromatic rings. The number of rotatable bonds is 0. The maximum absolute atomic E-state index is 11.8. The van der Waals surface area contributed by atoms with Crippen LogP contribution in [0.25, 0.3) is 0 Å². The minimum absolute atomic E-state index is 0.0219. The molecular weight excluding hydrogens is 174 g/mol. The largest absolute Gasteiger partial charge is 0.314 e. The molecule has 2 nitrogen and oxygen atoms in total. The number of benzene rings is 1. The van der Waals surface area contributed by atoms with Crippen molar-refractivity contribution >= 4 is 11.6 Å². The monoisotopic (exact) mass is 189 g/mol. The number of aryl methyl sites for hydroxylation is 2. The minimum Gasteiger partial charge on any atom is -0.314 e. The summed E-state index contributed by atoms with van der Waals surface area (Å²) < 4.78 is 0. The number of hydrogen-bond donors (Lipinski definition) is 0. The smallest absolute Gasteiger partial charge is 0.234 e. The van der Waals surface area contributed by atoms with E-state index < -0.39 is 0 Å². The fourth-order valence-electron chi connectivity index (χ4n) is 2.31. The molecule has 0 N–H and O–H groups in total. The third-order valence-electron chi connectivity index (χ3n) is 2.98. The highest BCUT2D eigenvalue weighted by Gasteiger charge is 2.32. The van der Waals surface area contributed by atoms with Gasteiger partial charge in [0.2, 0.25) is 5.91 Å². The highest BCUT2D eigenvalue weighted by atomic mass is 16.2. The summed E-state index contributed by atoms with van der Waals surface area (Å²) in [6.45, 7) is 6.11. The summed E-state index contributed by atoms with van der Waals surface area (Å²) in [6, 6.07) is 4.25. The second-order valence-corrected chi connectivity index (χ2v) is 4.14. The van der Waals surface area contributed by atoms with Crippen LogP contribution in [-0.2, 0) is 4.79 Å². The summed E-state index contributed by atoms with van der Waals surface area (Å²) in [6.07, 6.45) is 0. The van der Waals surface area contributed by atoms with Crippen molar-refractivity contribution in [2.24, 2.45) is 0 Å². The summed E-state index contributed by atoms with van der Waals surface area (Å²) in [7, 11) is 1.85. The van der Waals surface area contributed by atoms with Gasteiger partial charge in [-0.1, -0.05) is 17.7 Å². The highest BCUT2D eigenvalue weighted by Crippen LogP contribution is 2.38. The van der Waals surface area contributed by atoms with E-state index in [2.05, 4.69) is 26.0 Å². The van der Waals surface area contributed by atoms with Gasteiger partial charge in [0.15, 0.2) is 0 Å². The lowest BCUT2D eigenvalue weighted by Gasteiger charge is -2.13. The predicted octanol–water partition coefficient (Wildman–Crippen LogP) is 2.38. The van der Waals surface area contributed by atoms with Gasteiger partial charge in [-0.15, -0.1) is 0 Å². The maximum atomic E-state index is 11.8. The first-order valence-electron chi connectivity index (χ1n) is 4.91. The van der Waals surface area contributed by atoms with E-state index in [-0.39, 0.29) is 11.8 Å². The topological polar surface area (TPSA) is 20.3 Å². The molecule has 0 saturated carbocycles. The van der Waals surface area contributed by atoms with Crippen molar-refractivity contribution in [2.75, 3.05) is 11.9 Å². The van der Waals surface area contributed by atoms with Gasteiger partial charge in [0.05, 0.1) is 11.6 Å². The van der Waals surface area contributed by atoms with Crippen LogP contribution in [0, 0.1) is 13.8 Å². The van der Waals surface area contributed by atoms with Crippen molar-refractivity contribution in [2.45, 2.75) is 26.7 Å². The first-order valence-corrected chi connectivity index (χ1v) is 4.91. The van der Waals surface area contributed by atoms with Gasteiger partial charge >= 0.3 is 0 Å². The predicted molar refractivity (Wildman–Crippen MR) is 57.7 cm³/mol. The highest BCUT2D eigenvalue weighted by molar-refractivity contribution is 6.05. The van der Waals surface area contributed by atoms with Crippen LogP contribution >= 0.6 is 0 Å². The van der Waals surface area contributed by atoms with E-state index in [9.17, 15) is 4.79 Å². The minimum atomic E-state index is 0.0219. The van der Waals surface area contributed by atoms with E-state index in [0.29, 0.717) is 0 Å². The molecule has 0 aromatic heterocycles. The van der Waals surface area contributed by atoms with Crippen molar-refractivity contribution in [1.29, 1.82) is 0 Å². The lowest BCUT2D eigenvalue weighted by Crippen LogP contribution is -2.23. The van der Waals surface area contributed by atoms with E-state index >= 15 is 0 Å². The molecule has 1 aromatic carbocycles. The van der Waals surface area contributed by atoms with Crippen LogP contribution in [0.5, 0.6) is 0 Å². The van der Waals surface area contributed by atoms with Crippen LogP contribution in [-0.4, -0.2) is 13.0 Å². The van der Waals surface area contributed by atoms with Gasteiger partial charge in [0.1, 0.15) is 0 Å². The van der Waals surface area contributed by atoms with Crippen LogP contribution in [0.2, 0.25) is 0 Å². The summed E-state index contributed by atoms with van der Waals surface area (Å²) in [5.41, 5.74) is 4.71.